The third-order valence-corrected chi connectivity index (χ3v) is 6.63. The molecule has 3 aromatic carbocycles. The van der Waals surface area contributed by atoms with Crippen molar-refractivity contribution >= 4 is 5.97 Å². The molecule has 41 heavy (non-hydrogen) atoms. The van der Waals surface area contributed by atoms with E-state index in [4.69, 9.17) is 14.0 Å². The van der Waals surface area contributed by atoms with Crippen molar-refractivity contribution in [2.24, 2.45) is 0 Å². The Morgan fingerprint density at radius 2 is 1.68 bits per heavy atom. The Labute approximate surface area is 241 Å². The first-order valence-corrected chi connectivity index (χ1v) is 13.8. The number of benzene rings is 3. The third-order valence-electron chi connectivity index (χ3n) is 6.63. The Morgan fingerprint density at radius 3 is 2.41 bits per heavy atom. The third kappa shape index (κ3) is 7.86. The zero-order valence-corrected chi connectivity index (χ0v) is 24.7. The number of rotatable bonds is 11. The summed E-state index contributed by atoms with van der Waals surface area (Å²) in [5.74, 6) is 0.113. The van der Waals surface area contributed by atoms with Crippen LogP contribution in [0.4, 0.5) is 4.39 Å². The normalized spacial score (nSPS) is 11.7. The van der Waals surface area contributed by atoms with Crippen LogP contribution in [0.2, 0.25) is 0 Å². The molecular formula is C33H38FN3O4. The lowest BCUT2D eigenvalue weighted by Crippen LogP contribution is -2.27. The van der Waals surface area contributed by atoms with Gasteiger partial charge < -0.3 is 18.9 Å². The largest absolute Gasteiger partial charge is 0.460 e. The molecule has 0 aliphatic carbocycles. The van der Waals surface area contributed by atoms with Crippen molar-refractivity contribution < 1.29 is 23.2 Å². The molecule has 216 valence electrons. The number of aryl methyl sites for hydroxylation is 1. The van der Waals surface area contributed by atoms with Gasteiger partial charge in [0.15, 0.2) is 0 Å². The summed E-state index contributed by atoms with van der Waals surface area (Å²) >= 11 is 0. The predicted molar refractivity (Wildman–Crippen MR) is 157 cm³/mol. The molecule has 0 atom stereocenters. The van der Waals surface area contributed by atoms with Crippen molar-refractivity contribution in [3.05, 3.63) is 83.2 Å². The molecule has 0 bridgehead atoms. The van der Waals surface area contributed by atoms with E-state index in [0.717, 1.165) is 23.1 Å². The van der Waals surface area contributed by atoms with E-state index in [2.05, 4.69) is 41.3 Å². The van der Waals surface area contributed by atoms with Crippen molar-refractivity contribution in [1.82, 2.24) is 15.0 Å². The van der Waals surface area contributed by atoms with E-state index in [9.17, 15) is 9.18 Å². The Hall–Kier alpha value is -3.88. The van der Waals surface area contributed by atoms with Gasteiger partial charge in [0.25, 0.3) is 5.89 Å². The summed E-state index contributed by atoms with van der Waals surface area (Å²) in [7, 11) is 3.51. The van der Waals surface area contributed by atoms with Gasteiger partial charge in [-0.15, -0.1) is 0 Å². The van der Waals surface area contributed by atoms with E-state index in [-0.39, 0.29) is 18.2 Å². The average molecular weight is 560 g/mol. The van der Waals surface area contributed by atoms with Crippen molar-refractivity contribution in [2.75, 3.05) is 20.7 Å². The molecule has 0 N–H and O–H groups in total. The molecule has 0 spiro atoms. The molecule has 0 amide bonds. The molecule has 8 heteroatoms. The molecule has 7 nitrogen and oxygen atoms in total. The van der Waals surface area contributed by atoms with Crippen LogP contribution >= 0.6 is 0 Å². The Morgan fingerprint density at radius 1 is 0.976 bits per heavy atom. The van der Waals surface area contributed by atoms with Crippen LogP contribution in [0.1, 0.15) is 50.8 Å². The predicted octanol–water partition coefficient (Wildman–Crippen LogP) is 7.08. The summed E-state index contributed by atoms with van der Waals surface area (Å²) < 4.78 is 31.2. The molecule has 1 aromatic heterocycles. The maximum absolute atomic E-state index is 14.7. The average Bonchev–Trinajstić information content (AvgIpc) is 3.43. The van der Waals surface area contributed by atoms with Crippen LogP contribution in [0.5, 0.6) is 0 Å². The van der Waals surface area contributed by atoms with Crippen LogP contribution in [-0.2, 0) is 33.8 Å². The van der Waals surface area contributed by atoms with Gasteiger partial charge in [-0.3, -0.25) is 4.79 Å². The quantitative estimate of drug-likeness (QED) is 0.182. The van der Waals surface area contributed by atoms with Gasteiger partial charge in [0.05, 0.1) is 13.0 Å². The van der Waals surface area contributed by atoms with Gasteiger partial charge in [0.2, 0.25) is 5.82 Å². The zero-order valence-electron chi connectivity index (χ0n) is 24.7. The number of hydrogen-bond donors (Lipinski definition) is 0. The first-order valence-electron chi connectivity index (χ1n) is 13.8. The molecule has 4 rings (SSSR count). The maximum atomic E-state index is 14.7. The van der Waals surface area contributed by atoms with Crippen molar-refractivity contribution in [3.8, 4) is 34.0 Å². The van der Waals surface area contributed by atoms with Gasteiger partial charge in [-0.1, -0.05) is 42.4 Å². The fraction of sp³-hybridized carbons (Fsp3) is 0.364. The van der Waals surface area contributed by atoms with E-state index in [0.29, 0.717) is 42.5 Å². The fourth-order valence-electron chi connectivity index (χ4n) is 4.69. The number of hydrogen-bond acceptors (Lipinski definition) is 7. The number of carbonyl (C=O) groups excluding carboxylic acids is 1. The molecule has 0 fully saturated rings. The van der Waals surface area contributed by atoms with E-state index in [1.54, 1.807) is 19.2 Å². The van der Waals surface area contributed by atoms with E-state index >= 15 is 0 Å². The second kappa shape index (κ2) is 13.2. The van der Waals surface area contributed by atoms with Gasteiger partial charge in [-0.05, 0) is 86.8 Å². The first kappa shape index (κ1) is 30.1. The van der Waals surface area contributed by atoms with Crippen LogP contribution in [0.15, 0.2) is 65.2 Å². The Kier molecular flexibility index (Phi) is 9.68. The molecule has 0 aliphatic rings. The molecule has 4 aromatic rings. The van der Waals surface area contributed by atoms with Gasteiger partial charge >= 0.3 is 5.97 Å². The SMILES string of the molecule is CCc1ccccc1-c1ccc(-c2nc(-c3ccc(F)c(CN(C)CCC(=O)OC(C)(C)C)c3)no2)cc1COC. The molecule has 0 radical (unpaired) electrons. The fourth-order valence-corrected chi connectivity index (χ4v) is 4.69. The summed E-state index contributed by atoms with van der Waals surface area (Å²) in [5.41, 5.74) is 5.92. The number of methoxy groups -OCH3 is 1. The number of halogens is 1. The summed E-state index contributed by atoms with van der Waals surface area (Å²) in [6, 6.07) is 19.1. The Bertz CT molecular complexity index is 1490. The molecular weight excluding hydrogens is 521 g/mol. The summed E-state index contributed by atoms with van der Waals surface area (Å²) in [5, 5.41) is 4.18. The molecule has 0 saturated heterocycles. The van der Waals surface area contributed by atoms with E-state index in [1.807, 2.05) is 50.9 Å². The minimum Gasteiger partial charge on any atom is -0.460 e. The number of carbonyl (C=O) groups is 1. The smallest absolute Gasteiger partial charge is 0.307 e. The standard InChI is InChI=1S/C33H38FN3O4/c1-7-22-10-8-9-11-27(22)28-14-12-24(19-26(28)21-39-6)32-35-31(36-41-32)23-13-15-29(34)25(18-23)20-37(5)17-16-30(38)40-33(2,3)4/h8-15,18-19H,7,16-17,20-21H2,1-6H3. The van der Waals surface area contributed by atoms with Crippen LogP contribution in [-0.4, -0.2) is 47.3 Å². The molecule has 0 unspecified atom stereocenters. The highest BCUT2D eigenvalue weighted by Crippen LogP contribution is 2.32. The highest BCUT2D eigenvalue weighted by atomic mass is 19.1. The number of ether oxygens (including phenoxy) is 2. The lowest BCUT2D eigenvalue weighted by Gasteiger charge is -2.21. The van der Waals surface area contributed by atoms with Crippen LogP contribution < -0.4 is 0 Å². The van der Waals surface area contributed by atoms with Crippen LogP contribution in [0.3, 0.4) is 0 Å². The summed E-state index contributed by atoms with van der Waals surface area (Å²) in [6.45, 7) is 8.83. The van der Waals surface area contributed by atoms with Crippen LogP contribution in [0, 0.1) is 5.82 Å². The van der Waals surface area contributed by atoms with Crippen LogP contribution in [0.25, 0.3) is 34.0 Å². The number of nitrogens with zero attached hydrogens (tertiary/aromatic N) is 3. The van der Waals surface area contributed by atoms with Crippen molar-refractivity contribution in [1.29, 1.82) is 0 Å². The second-order valence-corrected chi connectivity index (χ2v) is 11.1. The molecule has 1 heterocycles. The monoisotopic (exact) mass is 559 g/mol. The van der Waals surface area contributed by atoms with Gasteiger partial charge in [0, 0.05) is 36.9 Å². The first-order chi connectivity index (χ1) is 19.6. The molecule has 0 saturated carbocycles. The topological polar surface area (TPSA) is 77.7 Å². The highest BCUT2D eigenvalue weighted by Gasteiger charge is 2.18. The van der Waals surface area contributed by atoms with E-state index < -0.39 is 5.60 Å². The van der Waals surface area contributed by atoms with Gasteiger partial charge in [-0.2, -0.15) is 4.98 Å². The zero-order chi connectivity index (χ0) is 29.6. The second-order valence-electron chi connectivity index (χ2n) is 11.1. The maximum Gasteiger partial charge on any atom is 0.307 e. The Balaban J connectivity index is 1.52. The summed E-state index contributed by atoms with van der Waals surface area (Å²) in [6.07, 6.45) is 1.15. The molecule has 0 aliphatic heterocycles. The number of aromatic nitrogens is 2. The minimum absolute atomic E-state index is 0.219. The minimum atomic E-state index is -0.534. The van der Waals surface area contributed by atoms with E-state index in [1.165, 1.54) is 17.2 Å². The highest BCUT2D eigenvalue weighted by molar-refractivity contribution is 5.74. The van der Waals surface area contributed by atoms with Gasteiger partial charge in [0.1, 0.15) is 11.4 Å². The van der Waals surface area contributed by atoms with Crippen molar-refractivity contribution in [2.45, 2.75) is 59.3 Å². The van der Waals surface area contributed by atoms with Crippen molar-refractivity contribution in [3.63, 3.8) is 0 Å². The lowest BCUT2D eigenvalue weighted by molar-refractivity contribution is -0.155. The summed E-state index contributed by atoms with van der Waals surface area (Å²) in [4.78, 5) is 18.6. The van der Waals surface area contributed by atoms with Gasteiger partial charge in [-0.25, -0.2) is 4.39 Å². The number of esters is 1. The lowest BCUT2D eigenvalue weighted by atomic mass is 9.93.